The highest BCUT2D eigenvalue weighted by Gasteiger charge is 2.44. The summed E-state index contributed by atoms with van der Waals surface area (Å²) in [4.78, 5) is 23.7. The maximum atomic E-state index is 11.2. The molecule has 5 rings (SSSR count). The summed E-state index contributed by atoms with van der Waals surface area (Å²) in [6.07, 6.45) is 7.59. The van der Waals surface area contributed by atoms with E-state index >= 15 is 0 Å². The summed E-state index contributed by atoms with van der Waals surface area (Å²) in [6.45, 7) is 4.29. The Hall–Kier alpha value is -2.77. The Morgan fingerprint density at radius 2 is 1.38 bits per heavy atom. The first-order valence-electron chi connectivity index (χ1n) is 11.9. The molecule has 0 radical (unpaired) electrons. The maximum Gasteiger partial charge on any atom is 0.269 e. The van der Waals surface area contributed by atoms with Gasteiger partial charge >= 0.3 is 0 Å². The van der Waals surface area contributed by atoms with Gasteiger partial charge in [0, 0.05) is 49.6 Å². The zero-order valence-corrected chi connectivity index (χ0v) is 18.5. The molecule has 2 fully saturated rings. The Bertz CT molecular complexity index is 950. The molecule has 0 aromatic heterocycles. The van der Waals surface area contributed by atoms with Crippen molar-refractivity contribution >= 4 is 17.2 Å². The van der Waals surface area contributed by atoms with Gasteiger partial charge in [-0.1, -0.05) is 43.2 Å². The fraction of sp³-hybridized carbons (Fsp3) is 0.480. The summed E-state index contributed by atoms with van der Waals surface area (Å²) < 4.78 is 0. The number of benzene rings is 2. The number of piperidine rings is 2. The van der Waals surface area contributed by atoms with Gasteiger partial charge < -0.3 is 4.90 Å². The average molecular weight is 434 g/mol. The third-order valence-electron chi connectivity index (χ3n) is 6.91. The molecule has 2 aromatic carbocycles. The second kappa shape index (κ2) is 9.38. The lowest BCUT2D eigenvalue weighted by Gasteiger charge is -2.44. The van der Waals surface area contributed by atoms with E-state index in [2.05, 4.69) is 39.0 Å². The van der Waals surface area contributed by atoms with Crippen LogP contribution in [0.1, 0.15) is 44.1 Å². The lowest BCUT2D eigenvalue weighted by atomic mass is 10.1. The van der Waals surface area contributed by atoms with Crippen LogP contribution in [0.2, 0.25) is 0 Å². The van der Waals surface area contributed by atoms with E-state index in [1.807, 2.05) is 18.2 Å². The summed E-state index contributed by atoms with van der Waals surface area (Å²) in [5.74, 6) is 0.964. The molecule has 168 valence electrons. The minimum atomic E-state index is -0.335. The second-order valence-electron chi connectivity index (χ2n) is 8.98. The maximum absolute atomic E-state index is 11.2. The SMILES string of the molecule is O=[N+]([O-])c1ccc(N2C(c3ccccc3)=N[C@@H](N3CCCCC3)[C@H]2N2CCCCC2)cc1. The predicted octanol–water partition coefficient (Wildman–Crippen LogP) is 4.49. The van der Waals surface area contributed by atoms with Gasteiger partial charge in [-0.05, 0) is 37.8 Å². The number of anilines is 1. The number of likely N-dealkylation sites (tertiary alicyclic amines) is 2. The van der Waals surface area contributed by atoms with Gasteiger partial charge in [0.05, 0.1) is 4.92 Å². The third-order valence-corrected chi connectivity index (χ3v) is 6.91. The smallest absolute Gasteiger partial charge is 0.269 e. The number of non-ortho nitro benzene ring substituents is 1. The van der Waals surface area contributed by atoms with Crippen LogP contribution in [-0.4, -0.2) is 59.1 Å². The summed E-state index contributed by atoms with van der Waals surface area (Å²) in [5.41, 5.74) is 2.17. The van der Waals surface area contributed by atoms with E-state index in [0.717, 1.165) is 43.3 Å². The number of hydrogen-bond acceptors (Lipinski definition) is 6. The van der Waals surface area contributed by atoms with Crippen molar-refractivity contribution in [3.8, 4) is 0 Å². The Kier molecular flexibility index (Phi) is 6.19. The van der Waals surface area contributed by atoms with Crippen LogP contribution >= 0.6 is 0 Å². The zero-order chi connectivity index (χ0) is 21.9. The van der Waals surface area contributed by atoms with Gasteiger partial charge in [0.2, 0.25) is 0 Å². The van der Waals surface area contributed by atoms with Crippen molar-refractivity contribution in [2.75, 3.05) is 31.1 Å². The fourth-order valence-corrected chi connectivity index (χ4v) is 5.31. The van der Waals surface area contributed by atoms with Crippen LogP contribution in [0.3, 0.4) is 0 Å². The average Bonchev–Trinajstić information content (AvgIpc) is 3.26. The van der Waals surface area contributed by atoms with Gasteiger partial charge in [0.25, 0.3) is 5.69 Å². The molecule has 3 heterocycles. The highest BCUT2D eigenvalue weighted by Crippen LogP contribution is 2.35. The van der Waals surface area contributed by atoms with Crippen molar-refractivity contribution in [3.05, 3.63) is 70.3 Å². The molecule has 7 nitrogen and oxygen atoms in total. The number of hydrogen-bond donors (Lipinski definition) is 0. The van der Waals surface area contributed by atoms with Crippen molar-refractivity contribution < 1.29 is 4.92 Å². The normalized spacial score (nSPS) is 25.0. The molecule has 0 bridgehead atoms. The molecule has 2 saturated heterocycles. The standard InChI is InChI=1S/C25H31N5O2/c31-30(32)22-14-12-21(13-15-22)29-23(20-10-4-1-5-11-20)26-24(27-16-6-2-7-17-27)25(29)28-18-8-3-9-19-28/h1,4-5,10-15,24-25H,2-3,6-9,16-19H2/t24-,25-/m0/s1. The summed E-state index contributed by atoms with van der Waals surface area (Å²) in [7, 11) is 0. The molecule has 0 saturated carbocycles. The summed E-state index contributed by atoms with van der Waals surface area (Å²) >= 11 is 0. The van der Waals surface area contributed by atoms with E-state index in [4.69, 9.17) is 4.99 Å². The molecular formula is C25H31N5O2. The highest BCUT2D eigenvalue weighted by atomic mass is 16.6. The Morgan fingerprint density at radius 1 is 0.781 bits per heavy atom. The van der Waals surface area contributed by atoms with Crippen LogP contribution in [0.5, 0.6) is 0 Å². The highest BCUT2D eigenvalue weighted by molar-refractivity contribution is 6.11. The van der Waals surface area contributed by atoms with E-state index < -0.39 is 0 Å². The molecule has 0 aliphatic carbocycles. The second-order valence-corrected chi connectivity index (χ2v) is 8.98. The van der Waals surface area contributed by atoms with E-state index in [1.165, 1.54) is 38.5 Å². The molecule has 2 atom stereocenters. The molecule has 3 aliphatic rings. The van der Waals surface area contributed by atoms with Gasteiger partial charge in [-0.25, -0.2) is 4.99 Å². The van der Waals surface area contributed by atoms with Gasteiger partial charge in [-0.15, -0.1) is 0 Å². The van der Waals surface area contributed by atoms with E-state index in [-0.39, 0.29) is 22.9 Å². The molecule has 2 aromatic rings. The van der Waals surface area contributed by atoms with Crippen LogP contribution in [-0.2, 0) is 0 Å². The Labute approximate surface area is 189 Å². The first kappa shape index (κ1) is 21.1. The number of aliphatic imine (C=N–C) groups is 1. The molecule has 0 spiro atoms. The third kappa shape index (κ3) is 4.14. The van der Waals surface area contributed by atoms with E-state index in [1.54, 1.807) is 12.1 Å². The quantitative estimate of drug-likeness (QED) is 0.514. The van der Waals surface area contributed by atoms with Gasteiger partial charge in [-0.3, -0.25) is 19.9 Å². The van der Waals surface area contributed by atoms with E-state index in [0.29, 0.717) is 0 Å². The topological polar surface area (TPSA) is 65.2 Å². The lowest BCUT2D eigenvalue weighted by molar-refractivity contribution is -0.384. The molecule has 0 unspecified atom stereocenters. The van der Waals surface area contributed by atoms with Gasteiger partial charge in [0.1, 0.15) is 18.2 Å². The Balaban J connectivity index is 1.59. The van der Waals surface area contributed by atoms with Crippen molar-refractivity contribution in [1.82, 2.24) is 9.80 Å². The largest absolute Gasteiger partial charge is 0.306 e. The molecule has 3 aliphatic heterocycles. The summed E-state index contributed by atoms with van der Waals surface area (Å²) in [6, 6.07) is 17.3. The number of nitro groups is 1. The van der Waals surface area contributed by atoms with Gasteiger partial charge in [-0.2, -0.15) is 0 Å². The van der Waals surface area contributed by atoms with Crippen LogP contribution in [0.4, 0.5) is 11.4 Å². The molecule has 7 heteroatoms. The molecular weight excluding hydrogens is 402 g/mol. The first-order valence-corrected chi connectivity index (χ1v) is 11.9. The van der Waals surface area contributed by atoms with Crippen LogP contribution in [0, 0.1) is 10.1 Å². The first-order chi connectivity index (χ1) is 15.7. The van der Waals surface area contributed by atoms with Crippen molar-refractivity contribution in [2.45, 2.75) is 50.9 Å². The van der Waals surface area contributed by atoms with Crippen molar-refractivity contribution in [3.63, 3.8) is 0 Å². The van der Waals surface area contributed by atoms with Crippen LogP contribution in [0.15, 0.2) is 59.6 Å². The van der Waals surface area contributed by atoms with Crippen LogP contribution in [0.25, 0.3) is 0 Å². The number of nitrogens with zero attached hydrogens (tertiary/aromatic N) is 5. The van der Waals surface area contributed by atoms with Crippen LogP contribution < -0.4 is 4.90 Å². The molecule has 32 heavy (non-hydrogen) atoms. The van der Waals surface area contributed by atoms with Gasteiger partial charge in [0.15, 0.2) is 0 Å². The fourth-order valence-electron chi connectivity index (χ4n) is 5.31. The molecule has 0 N–H and O–H groups in total. The monoisotopic (exact) mass is 433 g/mol. The lowest BCUT2D eigenvalue weighted by Crippen LogP contribution is -2.58. The molecule has 0 amide bonds. The Morgan fingerprint density at radius 3 is 1.97 bits per heavy atom. The number of nitro benzene ring substituents is 1. The number of rotatable bonds is 5. The predicted molar refractivity (Wildman–Crippen MR) is 127 cm³/mol. The van der Waals surface area contributed by atoms with Crippen molar-refractivity contribution in [2.24, 2.45) is 4.99 Å². The van der Waals surface area contributed by atoms with Crippen molar-refractivity contribution in [1.29, 1.82) is 0 Å². The zero-order valence-electron chi connectivity index (χ0n) is 18.5. The minimum Gasteiger partial charge on any atom is -0.306 e. The minimum absolute atomic E-state index is 0.0683. The van der Waals surface area contributed by atoms with E-state index in [9.17, 15) is 10.1 Å². The summed E-state index contributed by atoms with van der Waals surface area (Å²) in [5, 5.41) is 11.2. The number of amidine groups is 1.